The van der Waals surface area contributed by atoms with Gasteiger partial charge in [0.25, 0.3) is 0 Å². The van der Waals surface area contributed by atoms with E-state index in [1.165, 1.54) is 20.3 Å². The number of phenols is 2. The fourth-order valence-corrected chi connectivity index (χ4v) is 3.97. The van der Waals surface area contributed by atoms with Gasteiger partial charge in [-0.05, 0) is 47.4 Å². The number of nitrogens with two attached hydrogens (primary N) is 1. The van der Waals surface area contributed by atoms with Crippen molar-refractivity contribution in [2.45, 2.75) is 12.3 Å². The number of primary amides is 1. The number of benzene rings is 2. The molecule has 0 unspecified atom stereocenters. The predicted octanol–water partition coefficient (Wildman–Crippen LogP) is 1.51. The molecule has 5 N–H and O–H groups in total. The van der Waals surface area contributed by atoms with Gasteiger partial charge in [-0.3, -0.25) is 4.79 Å². The summed E-state index contributed by atoms with van der Waals surface area (Å²) in [6.45, 7) is -0.256. The molecule has 7 nitrogen and oxygen atoms in total. The summed E-state index contributed by atoms with van der Waals surface area (Å²) in [5.74, 6) is -1.42. The van der Waals surface area contributed by atoms with Crippen molar-refractivity contribution in [3.63, 3.8) is 0 Å². The van der Waals surface area contributed by atoms with Gasteiger partial charge in [-0.1, -0.05) is 6.07 Å². The molecule has 2 aromatic carbocycles. The highest BCUT2D eigenvalue weighted by Crippen LogP contribution is 2.47. The molecule has 0 aliphatic heterocycles. The first-order chi connectivity index (χ1) is 12.9. The summed E-state index contributed by atoms with van der Waals surface area (Å²) in [5.41, 5.74) is 7.94. The Kier molecular flexibility index (Phi) is 5.14. The van der Waals surface area contributed by atoms with Crippen molar-refractivity contribution in [3.8, 4) is 23.0 Å². The normalized spacial score (nSPS) is 21.4. The van der Waals surface area contributed by atoms with Gasteiger partial charge in [-0.25, -0.2) is 0 Å². The lowest BCUT2D eigenvalue weighted by atomic mass is 9.66. The second-order valence-electron chi connectivity index (χ2n) is 6.69. The molecule has 1 aliphatic carbocycles. The number of hydrogen-bond acceptors (Lipinski definition) is 6. The largest absolute Gasteiger partial charge is 0.504 e. The Hall–Kier alpha value is -2.93. The molecule has 0 bridgehead atoms. The number of amides is 1. The standard InChI is InChI=1S/C20H23NO6/c1-26-17-6-10(3-4-15(17)23)19-12-8-16(24)18(27-2)7-11(12)5-13(20(21)25)14(19)9-22/h3-4,6-8,13-14,19,22-24H,5,9H2,1-2H3,(H2,21,25)/t13-,14+,19+/m1/s1. The third-order valence-corrected chi connectivity index (χ3v) is 5.30. The van der Waals surface area contributed by atoms with Crippen LogP contribution in [-0.2, 0) is 11.2 Å². The fraction of sp³-hybridized carbons (Fsp3) is 0.350. The highest BCUT2D eigenvalue weighted by Gasteiger charge is 2.40. The number of carbonyl (C=O) groups is 1. The van der Waals surface area contributed by atoms with E-state index in [1.807, 2.05) is 0 Å². The van der Waals surface area contributed by atoms with Crippen LogP contribution in [0.2, 0.25) is 0 Å². The van der Waals surface area contributed by atoms with Gasteiger partial charge in [0.15, 0.2) is 23.0 Å². The Balaban J connectivity index is 2.22. The van der Waals surface area contributed by atoms with Crippen molar-refractivity contribution < 1.29 is 29.6 Å². The first-order valence-electron chi connectivity index (χ1n) is 8.58. The minimum Gasteiger partial charge on any atom is -0.504 e. The van der Waals surface area contributed by atoms with Crippen molar-refractivity contribution in [1.29, 1.82) is 0 Å². The molecule has 0 spiro atoms. The number of phenolic OH excluding ortho intramolecular Hbond substituents is 2. The number of ether oxygens (including phenoxy) is 2. The Morgan fingerprint density at radius 1 is 1.11 bits per heavy atom. The number of fused-ring (bicyclic) bond motifs is 1. The molecule has 0 radical (unpaired) electrons. The zero-order valence-electron chi connectivity index (χ0n) is 15.2. The van der Waals surface area contributed by atoms with Crippen LogP contribution >= 0.6 is 0 Å². The van der Waals surface area contributed by atoms with Crippen LogP contribution in [-0.4, -0.2) is 42.1 Å². The Labute approximate surface area is 157 Å². The first-order valence-corrected chi connectivity index (χ1v) is 8.58. The molecule has 27 heavy (non-hydrogen) atoms. The maximum absolute atomic E-state index is 12.1. The first kappa shape index (κ1) is 18.8. The zero-order valence-corrected chi connectivity index (χ0v) is 15.2. The van der Waals surface area contributed by atoms with Crippen LogP contribution < -0.4 is 15.2 Å². The van der Waals surface area contributed by atoms with Gasteiger partial charge in [0.1, 0.15) is 0 Å². The molecular weight excluding hydrogens is 350 g/mol. The number of aliphatic hydroxyl groups is 1. The quantitative estimate of drug-likeness (QED) is 0.630. The van der Waals surface area contributed by atoms with Gasteiger partial charge in [0.2, 0.25) is 5.91 Å². The van der Waals surface area contributed by atoms with Gasteiger partial charge in [-0.2, -0.15) is 0 Å². The summed E-state index contributed by atoms with van der Waals surface area (Å²) >= 11 is 0. The highest BCUT2D eigenvalue weighted by atomic mass is 16.5. The molecule has 144 valence electrons. The number of carbonyl (C=O) groups excluding carboxylic acids is 1. The second kappa shape index (κ2) is 7.36. The minimum absolute atomic E-state index is 0.0122. The minimum atomic E-state index is -0.582. The molecule has 1 aliphatic rings. The maximum atomic E-state index is 12.1. The lowest BCUT2D eigenvalue weighted by molar-refractivity contribution is -0.124. The van der Waals surface area contributed by atoms with Gasteiger partial charge in [0, 0.05) is 24.4 Å². The Morgan fingerprint density at radius 2 is 1.78 bits per heavy atom. The van der Waals surface area contributed by atoms with Crippen molar-refractivity contribution in [2.24, 2.45) is 17.6 Å². The summed E-state index contributed by atoms with van der Waals surface area (Å²) in [7, 11) is 2.90. The van der Waals surface area contributed by atoms with E-state index >= 15 is 0 Å². The summed E-state index contributed by atoms with van der Waals surface area (Å²) < 4.78 is 10.4. The maximum Gasteiger partial charge on any atom is 0.221 e. The van der Waals surface area contributed by atoms with Crippen LogP contribution in [0.4, 0.5) is 0 Å². The average Bonchev–Trinajstić information content (AvgIpc) is 2.66. The lowest BCUT2D eigenvalue weighted by Crippen LogP contribution is -2.40. The van der Waals surface area contributed by atoms with Crippen molar-refractivity contribution in [2.75, 3.05) is 20.8 Å². The van der Waals surface area contributed by atoms with Crippen LogP contribution in [0.5, 0.6) is 23.0 Å². The van der Waals surface area contributed by atoms with E-state index in [-0.39, 0.29) is 23.9 Å². The highest BCUT2D eigenvalue weighted by molar-refractivity contribution is 5.78. The molecule has 0 heterocycles. The number of rotatable bonds is 5. The lowest BCUT2D eigenvalue weighted by Gasteiger charge is -2.38. The monoisotopic (exact) mass is 373 g/mol. The van der Waals surface area contributed by atoms with Crippen molar-refractivity contribution >= 4 is 5.91 Å². The SMILES string of the molecule is COc1cc([C@H]2c3cc(O)c(OC)cc3C[C@@H](C(N)=O)[C@@H]2CO)ccc1O. The van der Waals surface area contributed by atoms with E-state index in [0.29, 0.717) is 12.2 Å². The summed E-state index contributed by atoms with van der Waals surface area (Å²) in [6, 6.07) is 8.16. The van der Waals surface area contributed by atoms with Gasteiger partial charge in [0.05, 0.1) is 14.2 Å². The molecule has 1 amide bonds. The van der Waals surface area contributed by atoms with E-state index in [4.69, 9.17) is 15.2 Å². The average molecular weight is 373 g/mol. The molecular formula is C20H23NO6. The predicted molar refractivity (Wildman–Crippen MR) is 98.1 cm³/mol. The van der Waals surface area contributed by atoms with E-state index < -0.39 is 23.7 Å². The molecule has 3 rings (SSSR count). The molecule has 7 heteroatoms. The third kappa shape index (κ3) is 3.26. The fourth-order valence-electron chi connectivity index (χ4n) is 3.97. The van der Waals surface area contributed by atoms with Crippen LogP contribution in [0.3, 0.4) is 0 Å². The summed E-state index contributed by atoms with van der Waals surface area (Å²) in [4.78, 5) is 12.1. The van der Waals surface area contributed by atoms with Crippen molar-refractivity contribution in [1.82, 2.24) is 0 Å². The number of methoxy groups -OCH3 is 2. The van der Waals surface area contributed by atoms with E-state index in [2.05, 4.69) is 0 Å². The summed E-state index contributed by atoms with van der Waals surface area (Å²) in [6.07, 6.45) is 0.345. The molecule has 0 fully saturated rings. The second-order valence-corrected chi connectivity index (χ2v) is 6.69. The topological polar surface area (TPSA) is 122 Å². The Morgan fingerprint density at radius 3 is 2.37 bits per heavy atom. The number of aromatic hydroxyl groups is 2. The van der Waals surface area contributed by atoms with E-state index in [0.717, 1.165) is 16.7 Å². The van der Waals surface area contributed by atoms with Crippen LogP contribution in [0.1, 0.15) is 22.6 Å². The molecule has 0 saturated carbocycles. The van der Waals surface area contributed by atoms with Gasteiger partial charge >= 0.3 is 0 Å². The van der Waals surface area contributed by atoms with E-state index in [1.54, 1.807) is 24.3 Å². The molecule has 3 atom stereocenters. The number of hydrogen-bond donors (Lipinski definition) is 4. The smallest absolute Gasteiger partial charge is 0.221 e. The van der Waals surface area contributed by atoms with Gasteiger partial charge < -0.3 is 30.5 Å². The molecule has 0 saturated heterocycles. The zero-order chi connectivity index (χ0) is 19.7. The van der Waals surface area contributed by atoms with Crippen LogP contribution in [0.25, 0.3) is 0 Å². The van der Waals surface area contributed by atoms with Crippen molar-refractivity contribution in [3.05, 3.63) is 47.0 Å². The number of aliphatic hydroxyl groups excluding tert-OH is 1. The Bertz CT molecular complexity index is 866. The van der Waals surface area contributed by atoms with E-state index in [9.17, 15) is 20.1 Å². The molecule has 0 aromatic heterocycles. The van der Waals surface area contributed by atoms with Crippen LogP contribution in [0.15, 0.2) is 30.3 Å². The van der Waals surface area contributed by atoms with Crippen LogP contribution in [0, 0.1) is 11.8 Å². The van der Waals surface area contributed by atoms with Gasteiger partial charge in [-0.15, -0.1) is 0 Å². The third-order valence-electron chi connectivity index (χ3n) is 5.30. The summed E-state index contributed by atoms with van der Waals surface area (Å²) in [5, 5.41) is 30.2. The molecule has 2 aromatic rings.